The van der Waals surface area contributed by atoms with Gasteiger partial charge in [0.2, 0.25) is 0 Å². The summed E-state index contributed by atoms with van der Waals surface area (Å²) >= 11 is 9.29. The lowest BCUT2D eigenvalue weighted by Crippen LogP contribution is -2.25. The van der Waals surface area contributed by atoms with Crippen molar-refractivity contribution in [2.24, 2.45) is 0 Å². The number of H-pyrrole nitrogens is 1. The highest BCUT2D eigenvalue weighted by molar-refractivity contribution is 9.10. The van der Waals surface area contributed by atoms with E-state index in [0.29, 0.717) is 34.1 Å². The molecule has 1 amide bonds. The van der Waals surface area contributed by atoms with E-state index in [2.05, 4.69) is 31.3 Å². The van der Waals surface area contributed by atoms with E-state index in [9.17, 15) is 4.79 Å². The SMILES string of the molecule is O=C(NCCCn1ncc2ccc(Cl)cc21)c1cc2oc(Br)cc2[nH]1. The van der Waals surface area contributed by atoms with Gasteiger partial charge in [0.1, 0.15) is 5.69 Å². The lowest BCUT2D eigenvalue weighted by Gasteiger charge is -2.05. The number of aromatic nitrogens is 3. The van der Waals surface area contributed by atoms with Crippen LogP contribution in [0.4, 0.5) is 0 Å². The Bertz CT molecular complexity index is 1030. The van der Waals surface area contributed by atoms with Crippen LogP contribution in [0.2, 0.25) is 5.02 Å². The number of halogens is 2. The Morgan fingerprint density at radius 2 is 2.24 bits per heavy atom. The molecule has 0 aliphatic heterocycles. The molecule has 4 rings (SSSR count). The third-order valence-electron chi connectivity index (χ3n) is 3.96. The molecule has 0 saturated heterocycles. The maximum Gasteiger partial charge on any atom is 0.267 e. The molecule has 2 N–H and O–H groups in total. The lowest BCUT2D eigenvalue weighted by molar-refractivity contribution is 0.0948. The number of nitrogens with zero attached hydrogens (tertiary/aromatic N) is 2. The zero-order chi connectivity index (χ0) is 17.4. The van der Waals surface area contributed by atoms with Crippen molar-refractivity contribution in [1.29, 1.82) is 0 Å². The number of carbonyl (C=O) groups is 1. The fraction of sp³-hybridized carbons (Fsp3) is 0.176. The van der Waals surface area contributed by atoms with Crippen LogP contribution in [0.25, 0.3) is 22.0 Å². The minimum absolute atomic E-state index is 0.157. The summed E-state index contributed by atoms with van der Waals surface area (Å²) in [7, 11) is 0. The molecule has 0 bridgehead atoms. The van der Waals surface area contributed by atoms with Crippen LogP contribution in [0.3, 0.4) is 0 Å². The molecule has 128 valence electrons. The number of aromatic amines is 1. The number of hydrogen-bond acceptors (Lipinski definition) is 3. The second kappa shape index (κ2) is 6.57. The van der Waals surface area contributed by atoms with E-state index in [1.165, 1.54) is 0 Å². The van der Waals surface area contributed by atoms with E-state index in [4.69, 9.17) is 16.0 Å². The smallest absolute Gasteiger partial charge is 0.267 e. The van der Waals surface area contributed by atoms with Crippen molar-refractivity contribution < 1.29 is 9.21 Å². The van der Waals surface area contributed by atoms with Gasteiger partial charge in [-0.2, -0.15) is 5.10 Å². The number of benzene rings is 1. The van der Waals surface area contributed by atoms with Gasteiger partial charge in [-0.3, -0.25) is 9.48 Å². The Hall–Kier alpha value is -2.25. The Balaban J connectivity index is 1.34. The van der Waals surface area contributed by atoms with Crippen LogP contribution in [-0.2, 0) is 6.54 Å². The zero-order valence-corrected chi connectivity index (χ0v) is 15.4. The first kappa shape index (κ1) is 16.2. The number of rotatable bonds is 5. The molecule has 3 aromatic heterocycles. The Labute approximate surface area is 156 Å². The molecular formula is C17H14BrClN4O2. The molecule has 0 spiro atoms. The standard InChI is InChI=1S/C17H14BrClN4O2/c18-16-8-12-15(25-16)7-13(22-12)17(24)20-4-1-5-23-14-6-11(19)3-2-10(14)9-21-23/h2-3,6-9,22H,1,4-5H2,(H,20,24). The van der Waals surface area contributed by atoms with Crippen molar-refractivity contribution in [2.45, 2.75) is 13.0 Å². The first-order valence-corrected chi connectivity index (χ1v) is 8.94. The molecule has 0 aliphatic carbocycles. The van der Waals surface area contributed by atoms with Crippen molar-refractivity contribution >= 4 is 55.4 Å². The first-order valence-electron chi connectivity index (χ1n) is 7.77. The lowest BCUT2D eigenvalue weighted by atomic mass is 10.2. The van der Waals surface area contributed by atoms with Crippen LogP contribution < -0.4 is 5.32 Å². The van der Waals surface area contributed by atoms with E-state index in [-0.39, 0.29) is 5.91 Å². The van der Waals surface area contributed by atoms with Gasteiger partial charge >= 0.3 is 0 Å². The maximum atomic E-state index is 12.2. The van der Waals surface area contributed by atoms with Crippen LogP contribution >= 0.6 is 27.5 Å². The van der Waals surface area contributed by atoms with E-state index >= 15 is 0 Å². The third kappa shape index (κ3) is 3.29. The average Bonchev–Trinajstić information content (AvgIpc) is 3.24. The fourth-order valence-electron chi connectivity index (χ4n) is 2.76. The van der Waals surface area contributed by atoms with E-state index in [1.807, 2.05) is 29.1 Å². The van der Waals surface area contributed by atoms with Crippen molar-refractivity contribution in [1.82, 2.24) is 20.1 Å². The first-order chi connectivity index (χ1) is 12.1. The molecule has 3 heterocycles. The summed E-state index contributed by atoms with van der Waals surface area (Å²) in [5, 5.41) is 8.99. The fourth-order valence-corrected chi connectivity index (χ4v) is 3.33. The van der Waals surface area contributed by atoms with E-state index in [0.717, 1.165) is 22.8 Å². The largest absolute Gasteiger partial charge is 0.448 e. The topological polar surface area (TPSA) is 75.8 Å². The molecule has 0 aliphatic rings. The molecular weight excluding hydrogens is 408 g/mol. The second-order valence-corrected chi connectivity index (χ2v) is 6.91. The van der Waals surface area contributed by atoms with Gasteiger partial charge in [0.05, 0.1) is 17.2 Å². The second-order valence-electron chi connectivity index (χ2n) is 5.69. The van der Waals surface area contributed by atoms with E-state index in [1.54, 1.807) is 12.1 Å². The molecule has 8 heteroatoms. The van der Waals surface area contributed by atoms with Gasteiger partial charge in [-0.1, -0.05) is 11.6 Å². The molecule has 1 aromatic carbocycles. The normalized spacial score (nSPS) is 11.4. The van der Waals surface area contributed by atoms with Crippen LogP contribution in [0.1, 0.15) is 16.9 Å². The highest BCUT2D eigenvalue weighted by atomic mass is 79.9. The summed E-state index contributed by atoms with van der Waals surface area (Å²) in [6.45, 7) is 1.25. The number of carbonyl (C=O) groups excluding carboxylic acids is 1. The van der Waals surface area contributed by atoms with Crippen molar-refractivity contribution in [2.75, 3.05) is 6.54 Å². The Kier molecular flexibility index (Phi) is 4.27. The molecule has 0 fully saturated rings. The molecule has 6 nitrogen and oxygen atoms in total. The number of nitrogens with one attached hydrogen (secondary N) is 2. The summed E-state index contributed by atoms with van der Waals surface area (Å²) in [4.78, 5) is 15.2. The number of amides is 1. The van der Waals surface area contributed by atoms with Gasteiger partial charge in [-0.15, -0.1) is 0 Å². The quantitative estimate of drug-likeness (QED) is 0.470. The molecule has 0 atom stereocenters. The number of aryl methyl sites for hydroxylation is 1. The number of hydrogen-bond donors (Lipinski definition) is 2. The third-order valence-corrected chi connectivity index (χ3v) is 4.59. The molecule has 25 heavy (non-hydrogen) atoms. The van der Waals surface area contributed by atoms with Gasteiger partial charge in [0.25, 0.3) is 5.91 Å². The van der Waals surface area contributed by atoms with Crippen LogP contribution in [0.5, 0.6) is 0 Å². The zero-order valence-electron chi connectivity index (χ0n) is 13.1. The van der Waals surface area contributed by atoms with Gasteiger partial charge in [0, 0.05) is 35.6 Å². The Morgan fingerprint density at radius 1 is 1.36 bits per heavy atom. The van der Waals surface area contributed by atoms with Gasteiger partial charge in [-0.05, 0) is 40.5 Å². The van der Waals surface area contributed by atoms with Crippen LogP contribution in [-0.4, -0.2) is 27.2 Å². The summed E-state index contributed by atoms with van der Waals surface area (Å²) in [5.74, 6) is -0.157. The predicted molar refractivity (Wildman–Crippen MR) is 100.0 cm³/mol. The highest BCUT2D eigenvalue weighted by Gasteiger charge is 2.12. The van der Waals surface area contributed by atoms with Crippen molar-refractivity contribution in [3.8, 4) is 0 Å². The summed E-state index contributed by atoms with van der Waals surface area (Å²) < 4.78 is 7.93. The summed E-state index contributed by atoms with van der Waals surface area (Å²) in [6.07, 6.45) is 2.58. The van der Waals surface area contributed by atoms with Gasteiger partial charge in [0.15, 0.2) is 10.3 Å². The predicted octanol–water partition coefficient (Wildman–Crippen LogP) is 4.35. The highest BCUT2D eigenvalue weighted by Crippen LogP contribution is 2.23. The molecule has 0 unspecified atom stereocenters. The maximum absolute atomic E-state index is 12.2. The van der Waals surface area contributed by atoms with E-state index < -0.39 is 0 Å². The molecule has 4 aromatic rings. The molecule has 0 saturated carbocycles. The minimum atomic E-state index is -0.157. The number of furan rings is 1. The van der Waals surface area contributed by atoms with Gasteiger partial charge in [-0.25, -0.2) is 0 Å². The summed E-state index contributed by atoms with van der Waals surface area (Å²) in [6, 6.07) is 9.18. The number of fused-ring (bicyclic) bond motifs is 2. The average molecular weight is 422 g/mol. The monoisotopic (exact) mass is 420 g/mol. The van der Waals surface area contributed by atoms with Crippen LogP contribution in [0.15, 0.2) is 45.6 Å². The Morgan fingerprint density at radius 3 is 3.08 bits per heavy atom. The van der Waals surface area contributed by atoms with Gasteiger partial charge < -0.3 is 14.7 Å². The summed E-state index contributed by atoms with van der Waals surface area (Å²) in [5.41, 5.74) is 2.92. The van der Waals surface area contributed by atoms with Crippen LogP contribution in [0, 0.1) is 0 Å². The van der Waals surface area contributed by atoms with Crippen molar-refractivity contribution in [3.63, 3.8) is 0 Å². The molecule has 0 radical (unpaired) electrons. The van der Waals surface area contributed by atoms with Crippen molar-refractivity contribution in [3.05, 3.63) is 51.9 Å². The minimum Gasteiger partial charge on any atom is -0.448 e.